The Morgan fingerprint density at radius 2 is 1.71 bits per heavy atom. The molecule has 4 nitrogen and oxygen atoms in total. The van der Waals surface area contributed by atoms with E-state index in [0.29, 0.717) is 12.1 Å². The van der Waals surface area contributed by atoms with Gasteiger partial charge in [-0.05, 0) is 44.4 Å². The highest BCUT2D eigenvalue weighted by molar-refractivity contribution is 6.07. The molecule has 0 aromatic carbocycles. The van der Waals surface area contributed by atoms with Crippen LogP contribution < -0.4 is 5.32 Å². The number of fused-ring (bicyclic) bond motifs is 1. The van der Waals surface area contributed by atoms with Crippen LogP contribution in [0.25, 0.3) is 0 Å². The average Bonchev–Trinajstić information content (AvgIpc) is 3.33. The molecular formula is C17H28N4. The van der Waals surface area contributed by atoms with Gasteiger partial charge in [0, 0.05) is 19.6 Å². The van der Waals surface area contributed by atoms with Crippen molar-refractivity contribution in [2.75, 3.05) is 19.6 Å². The standard InChI is InChI=1S/C17H28N4/c1-2-6-12-21(11-5-1)17-14-7-3-4-10-18-16(14)19-15(20-17)13-8-9-13/h13-15H,1-12H2,(H,18,19). The number of hydrogen-bond acceptors (Lipinski definition) is 4. The molecule has 1 saturated heterocycles. The summed E-state index contributed by atoms with van der Waals surface area (Å²) in [5.41, 5.74) is 0. The van der Waals surface area contributed by atoms with E-state index < -0.39 is 0 Å². The van der Waals surface area contributed by atoms with Crippen LogP contribution in [-0.4, -0.2) is 42.4 Å². The summed E-state index contributed by atoms with van der Waals surface area (Å²) < 4.78 is 0. The van der Waals surface area contributed by atoms with Gasteiger partial charge in [0.15, 0.2) is 0 Å². The Kier molecular flexibility index (Phi) is 3.87. The van der Waals surface area contributed by atoms with Crippen molar-refractivity contribution in [2.24, 2.45) is 21.8 Å². The minimum Gasteiger partial charge on any atom is -0.360 e. The first-order valence-electron chi connectivity index (χ1n) is 9.05. The molecule has 2 fully saturated rings. The van der Waals surface area contributed by atoms with Crippen molar-refractivity contribution in [1.82, 2.24) is 10.2 Å². The van der Waals surface area contributed by atoms with Crippen LogP contribution in [0, 0.1) is 11.8 Å². The van der Waals surface area contributed by atoms with Gasteiger partial charge in [0.05, 0.1) is 5.92 Å². The molecule has 2 unspecified atom stereocenters. The summed E-state index contributed by atoms with van der Waals surface area (Å²) in [6, 6.07) is 0. The molecule has 3 heterocycles. The van der Waals surface area contributed by atoms with E-state index in [1.165, 1.54) is 82.5 Å². The fraction of sp³-hybridized carbons (Fsp3) is 0.882. The summed E-state index contributed by atoms with van der Waals surface area (Å²) in [5, 5.41) is 3.68. The van der Waals surface area contributed by atoms with Gasteiger partial charge in [0.25, 0.3) is 0 Å². The molecule has 4 aliphatic rings. The molecule has 0 radical (unpaired) electrons. The lowest BCUT2D eigenvalue weighted by atomic mass is 9.96. The molecule has 2 atom stereocenters. The predicted molar refractivity (Wildman–Crippen MR) is 86.8 cm³/mol. The number of likely N-dealkylation sites (tertiary alicyclic amines) is 1. The maximum atomic E-state index is 5.19. The molecule has 0 bridgehead atoms. The molecule has 116 valence electrons. The SMILES string of the molecule is C1CCCN(C2=NC(C3CC3)NC3=NCCCCC32)CC1. The van der Waals surface area contributed by atoms with E-state index in [-0.39, 0.29) is 0 Å². The van der Waals surface area contributed by atoms with E-state index in [9.17, 15) is 0 Å². The van der Waals surface area contributed by atoms with Crippen molar-refractivity contribution < 1.29 is 0 Å². The zero-order valence-corrected chi connectivity index (χ0v) is 13.1. The molecule has 1 N–H and O–H groups in total. The van der Waals surface area contributed by atoms with Gasteiger partial charge in [-0.25, -0.2) is 4.99 Å². The number of rotatable bonds is 1. The number of nitrogens with zero attached hydrogens (tertiary/aromatic N) is 3. The van der Waals surface area contributed by atoms with Crippen molar-refractivity contribution in [3.63, 3.8) is 0 Å². The first-order valence-corrected chi connectivity index (χ1v) is 9.05. The lowest BCUT2D eigenvalue weighted by molar-refractivity contribution is 0.394. The van der Waals surface area contributed by atoms with Crippen LogP contribution >= 0.6 is 0 Å². The predicted octanol–water partition coefficient (Wildman–Crippen LogP) is 2.80. The first kappa shape index (κ1) is 13.6. The topological polar surface area (TPSA) is 40.0 Å². The molecule has 4 rings (SSSR count). The van der Waals surface area contributed by atoms with Gasteiger partial charge in [0.1, 0.15) is 17.8 Å². The van der Waals surface area contributed by atoms with E-state index >= 15 is 0 Å². The lowest BCUT2D eigenvalue weighted by Gasteiger charge is -2.36. The molecule has 4 heteroatoms. The van der Waals surface area contributed by atoms with Gasteiger partial charge in [-0.15, -0.1) is 0 Å². The molecule has 0 spiro atoms. The summed E-state index contributed by atoms with van der Waals surface area (Å²) in [7, 11) is 0. The maximum Gasteiger partial charge on any atom is 0.124 e. The summed E-state index contributed by atoms with van der Waals surface area (Å²) in [6.45, 7) is 3.42. The molecule has 0 aromatic heterocycles. The number of amidine groups is 2. The Bertz CT molecular complexity index is 430. The second kappa shape index (κ2) is 5.98. The van der Waals surface area contributed by atoms with Crippen LogP contribution in [-0.2, 0) is 0 Å². The fourth-order valence-corrected chi connectivity index (χ4v) is 3.96. The van der Waals surface area contributed by atoms with Crippen LogP contribution in [0.1, 0.15) is 57.8 Å². The van der Waals surface area contributed by atoms with Gasteiger partial charge in [-0.3, -0.25) is 4.99 Å². The van der Waals surface area contributed by atoms with Crippen LogP contribution in [0.4, 0.5) is 0 Å². The monoisotopic (exact) mass is 288 g/mol. The van der Waals surface area contributed by atoms with E-state index in [4.69, 9.17) is 9.98 Å². The largest absolute Gasteiger partial charge is 0.360 e. The normalized spacial score (nSPS) is 34.0. The summed E-state index contributed by atoms with van der Waals surface area (Å²) in [6.07, 6.45) is 12.2. The molecular weight excluding hydrogens is 260 g/mol. The highest BCUT2D eigenvalue weighted by atomic mass is 15.3. The van der Waals surface area contributed by atoms with Gasteiger partial charge in [0.2, 0.25) is 0 Å². The summed E-state index contributed by atoms with van der Waals surface area (Å²) in [4.78, 5) is 12.7. The van der Waals surface area contributed by atoms with Gasteiger partial charge in [-0.1, -0.05) is 19.3 Å². The van der Waals surface area contributed by atoms with E-state index in [2.05, 4.69) is 10.2 Å². The number of aliphatic imine (C=N–C) groups is 2. The second-order valence-corrected chi connectivity index (χ2v) is 7.13. The van der Waals surface area contributed by atoms with Gasteiger partial charge < -0.3 is 10.2 Å². The average molecular weight is 288 g/mol. The van der Waals surface area contributed by atoms with Crippen LogP contribution in [0.5, 0.6) is 0 Å². The minimum atomic E-state index is 0.316. The van der Waals surface area contributed by atoms with Gasteiger partial charge in [-0.2, -0.15) is 0 Å². The minimum absolute atomic E-state index is 0.316. The molecule has 1 saturated carbocycles. The second-order valence-electron chi connectivity index (χ2n) is 7.13. The molecule has 0 amide bonds. The Labute approximate surface area is 128 Å². The van der Waals surface area contributed by atoms with Gasteiger partial charge >= 0.3 is 0 Å². The zero-order chi connectivity index (χ0) is 14.1. The highest BCUT2D eigenvalue weighted by Gasteiger charge is 2.39. The van der Waals surface area contributed by atoms with E-state index in [0.717, 1.165) is 12.5 Å². The van der Waals surface area contributed by atoms with Crippen molar-refractivity contribution in [3.05, 3.63) is 0 Å². The van der Waals surface area contributed by atoms with Crippen molar-refractivity contribution in [3.8, 4) is 0 Å². The first-order chi connectivity index (χ1) is 10.4. The third-order valence-corrected chi connectivity index (χ3v) is 5.39. The Morgan fingerprint density at radius 1 is 0.905 bits per heavy atom. The van der Waals surface area contributed by atoms with Crippen molar-refractivity contribution >= 4 is 11.7 Å². The van der Waals surface area contributed by atoms with Crippen LogP contribution in [0.2, 0.25) is 0 Å². The van der Waals surface area contributed by atoms with Crippen LogP contribution in [0.15, 0.2) is 9.98 Å². The Morgan fingerprint density at radius 3 is 2.48 bits per heavy atom. The highest BCUT2D eigenvalue weighted by Crippen LogP contribution is 2.36. The quantitative estimate of drug-likeness (QED) is 0.806. The smallest absolute Gasteiger partial charge is 0.124 e. The molecule has 3 aliphatic heterocycles. The van der Waals surface area contributed by atoms with E-state index in [1.54, 1.807) is 0 Å². The number of nitrogens with one attached hydrogen (secondary N) is 1. The summed E-state index contributed by atoms with van der Waals surface area (Å²) in [5.74, 6) is 3.87. The van der Waals surface area contributed by atoms with Crippen molar-refractivity contribution in [1.29, 1.82) is 0 Å². The Balaban J connectivity index is 1.62. The Hall–Kier alpha value is -1.06. The molecule has 1 aliphatic carbocycles. The third-order valence-electron chi connectivity index (χ3n) is 5.39. The van der Waals surface area contributed by atoms with Crippen LogP contribution in [0.3, 0.4) is 0 Å². The molecule has 0 aromatic rings. The third kappa shape index (κ3) is 2.95. The maximum absolute atomic E-state index is 5.19. The fourth-order valence-electron chi connectivity index (χ4n) is 3.96. The van der Waals surface area contributed by atoms with E-state index in [1.807, 2.05) is 0 Å². The van der Waals surface area contributed by atoms with Crippen molar-refractivity contribution in [2.45, 2.75) is 64.0 Å². The summed E-state index contributed by atoms with van der Waals surface area (Å²) >= 11 is 0. The lowest BCUT2D eigenvalue weighted by Crippen LogP contribution is -2.52. The molecule has 21 heavy (non-hydrogen) atoms. The number of hydrogen-bond donors (Lipinski definition) is 1. The zero-order valence-electron chi connectivity index (χ0n) is 13.1.